The lowest BCUT2D eigenvalue weighted by atomic mass is 9.90. The van der Waals surface area contributed by atoms with Crippen molar-refractivity contribution < 1.29 is 97.0 Å². The second-order valence-corrected chi connectivity index (χ2v) is 20.3. The summed E-state index contributed by atoms with van der Waals surface area (Å²) in [6.07, 6.45) is -20.8. The Balaban J connectivity index is 0.000000406. The van der Waals surface area contributed by atoms with Crippen LogP contribution in [0.3, 0.4) is 0 Å². The van der Waals surface area contributed by atoms with Crippen molar-refractivity contribution in [1.29, 1.82) is 0 Å². The Morgan fingerprint density at radius 1 is 0.424 bits per heavy atom. The predicted octanol–water partition coefficient (Wildman–Crippen LogP) is -1.80. The Kier molecular flexibility index (Phi) is 26.5. The highest BCUT2D eigenvalue weighted by Gasteiger charge is 2.55. The summed E-state index contributed by atoms with van der Waals surface area (Å²) in [5.74, 6) is -1.00. The second kappa shape index (κ2) is 29.0. The fourth-order valence-electron chi connectivity index (χ4n) is 7.12. The van der Waals surface area contributed by atoms with Gasteiger partial charge < -0.3 is 246 Å². The monoisotopic (exact) mass is 1160 g/mol. The zero-order valence-corrected chi connectivity index (χ0v) is 44.5. The van der Waals surface area contributed by atoms with Crippen LogP contribution in [0.2, 0.25) is 0 Å². The zero-order valence-electron chi connectivity index (χ0n) is 34.7. The maximum Gasteiger partial charge on any atom is 0.199 e. The van der Waals surface area contributed by atoms with Crippen molar-refractivity contribution in [2.24, 2.45) is 11.8 Å². The van der Waals surface area contributed by atoms with Crippen molar-refractivity contribution in [2.75, 3.05) is 40.6 Å². The number of thiocarbonyl (C=S) groups is 6. The predicted molar refractivity (Wildman–Crippen MR) is 266 cm³/mol. The average Bonchev–Trinajstić information content (AvgIpc) is 3.24. The van der Waals surface area contributed by atoms with Gasteiger partial charge >= 0.3 is 0 Å². The lowest BCUT2D eigenvalue weighted by molar-refractivity contribution is -0.353. The first-order valence-corrected chi connectivity index (χ1v) is 24.0. The molecule has 0 spiro atoms. The highest BCUT2D eigenvalue weighted by Crippen LogP contribution is 2.37. The molecule has 6 N–H and O–H groups in total. The van der Waals surface area contributed by atoms with Gasteiger partial charge in [0.05, 0.1) is 25.4 Å². The van der Waals surface area contributed by atoms with Crippen LogP contribution >= 0.6 is 73.3 Å². The molecule has 66 heavy (non-hydrogen) atoms. The van der Waals surface area contributed by atoms with Gasteiger partial charge in [0, 0.05) is 52.4 Å². The quantitative estimate of drug-likeness (QED) is 0.0737. The molecular formula is C34H46O20S12-6. The lowest BCUT2D eigenvalue weighted by Gasteiger charge is -2.50. The van der Waals surface area contributed by atoms with Crippen LogP contribution in [-0.4, -0.2) is 208 Å². The maximum atomic E-state index is 10.2. The molecule has 0 saturated carbocycles. The second-order valence-electron chi connectivity index (χ2n) is 14.3. The van der Waals surface area contributed by atoms with E-state index in [1.165, 1.54) is 14.2 Å². The first-order valence-electron chi connectivity index (χ1n) is 19.1. The van der Waals surface area contributed by atoms with Gasteiger partial charge in [-0.25, -0.2) is 0 Å². The van der Waals surface area contributed by atoms with E-state index in [1.54, 1.807) is 13.8 Å². The number of hydrogen-bond donors (Lipinski definition) is 6. The fraction of sp³-hybridized carbons (Fsp3) is 0.824. The number of ether oxygens (including phenoxy) is 14. The number of aliphatic hydroxyl groups excluding tert-OH is 6. The van der Waals surface area contributed by atoms with Crippen LogP contribution in [0, 0.1) is 11.8 Å². The van der Waals surface area contributed by atoms with Crippen LogP contribution in [0.4, 0.5) is 0 Å². The number of aliphatic hydroxyl groups is 6. The third-order valence-electron chi connectivity index (χ3n) is 10.4. The molecule has 8 unspecified atom stereocenters. The topological polar surface area (TPSA) is 251 Å². The van der Waals surface area contributed by atoms with E-state index in [1.807, 2.05) is 0 Å². The van der Waals surface area contributed by atoms with Crippen LogP contribution in [-0.2, 0) is 142 Å². The normalized spacial score (nSPS) is 38.8. The van der Waals surface area contributed by atoms with Gasteiger partial charge in [0.1, 0.15) is 68.1 Å². The first-order chi connectivity index (χ1) is 31.0. The van der Waals surface area contributed by atoms with E-state index in [0.29, 0.717) is 0 Å². The molecule has 4 aliphatic rings. The standard InChI is InChI=1S/C20H26O10S12.C14H26O10/c1-5-6(3-22-15(31)32)24-14(11(29-19(39)40)8(5)27-17(35)36)26-9-7(4-23-16(33)34)25-13(21-2)12(30-20(41)42)10(9)28-18(37)38;1-5-6(3-15)22-14(10(19)8(5)17)24-12-7(4-16)23-13(21-2)11(20)9(12)18/h5-14H,3-4H2,1-2H3,(H,31,32)(H,33,34)(H,35,36)(H,37,38)(H,39,40)(H,41,42);5-20H,3-4H2,1-2H3/p-6/t5-,6?,7+,8+,9-,10?,11?,12?,13-,14+;5-,6?,7+,8+,9?,10?,11?,12-,13-,14+/m11/s1. The highest BCUT2D eigenvalue weighted by molar-refractivity contribution is 8.01. The summed E-state index contributed by atoms with van der Waals surface area (Å²) in [6, 6.07) is 0. The Hall–Kier alpha value is 0.1000. The highest BCUT2D eigenvalue weighted by atomic mass is 32.2. The summed E-state index contributed by atoms with van der Waals surface area (Å²) in [7, 11) is 2.63. The number of rotatable bonds is 16. The van der Waals surface area contributed by atoms with Crippen molar-refractivity contribution >= 4 is 175 Å². The summed E-state index contributed by atoms with van der Waals surface area (Å²) in [5.41, 5.74) is 0. The van der Waals surface area contributed by atoms with Crippen molar-refractivity contribution in [3.8, 4) is 0 Å². The molecule has 32 heteroatoms. The Morgan fingerprint density at radius 3 is 1.32 bits per heavy atom. The molecule has 4 rings (SSSR count). The first kappa shape index (κ1) is 60.4. The average molecular weight is 1160 g/mol. The van der Waals surface area contributed by atoms with Crippen LogP contribution < -0.4 is 0 Å². The molecule has 0 bridgehead atoms. The van der Waals surface area contributed by atoms with Crippen molar-refractivity contribution in [2.45, 2.75) is 124 Å². The maximum absolute atomic E-state index is 10.2. The zero-order chi connectivity index (χ0) is 49.7. The molecule has 20 atom stereocenters. The van der Waals surface area contributed by atoms with E-state index in [2.05, 4.69) is 0 Å². The summed E-state index contributed by atoms with van der Waals surface area (Å²) in [5, 5.41) is 59.0. The molecular weight excluding hydrogens is 1110 g/mol. The summed E-state index contributed by atoms with van der Waals surface area (Å²) < 4.78 is 77.8. The van der Waals surface area contributed by atoms with Gasteiger partial charge in [0.25, 0.3) is 0 Å². The third kappa shape index (κ3) is 17.1. The van der Waals surface area contributed by atoms with Gasteiger partial charge in [-0.2, -0.15) is 0 Å². The molecule has 4 heterocycles. The third-order valence-corrected chi connectivity index (χ3v) is 11.6. The Bertz CT molecular complexity index is 1630. The van der Waals surface area contributed by atoms with Gasteiger partial charge in [0.15, 0.2) is 43.5 Å². The van der Waals surface area contributed by atoms with E-state index in [4.69, 9.17) is 215 Å². The van der Waals surface area contributed by atoms with Crippen LogP contribution in [0.15, 0.2) is 0 Å². The molecule has 4 aliphatic heterocycles. The van der Waals surface area contributed by atoms with Gasteiger partial charge in [0.2, 0.25) is 0 Å². The Labute approximate surface area is 445 Å². The van der Waals surface area contributed by atoms with E-state index >= 15 is 0 Å². The van der Waals surface area contributed by atoms with Gasteiger partial charge in [-0.3, -0.25) is 0 Å². The van der Waals surface area contributed by atoms with Crippen molar-refractivity contribution in [1.82, 2.24) is 0 Å². The SMILES string of the molecule is CO[C@@H]1O[C@@H](CO)[C@@H](O[C@@H]2OC(CO)[C@@H](C)[C@H](O)C2O)C(O)C1O.CO[C@@H]1O[C@@H](COC(=S)[S-])[C@@H](O[C@@H]2OC(COC(=S)[S-])[C@@H](C)[C@H](OC(=S)[S-])C2OC(=S)[S-])C(OC(=S)[S-])C1OC(=S)[S-]. The van der Waals surface area contributed by atoms with Crippen molar-refractivity contribution in [3.05, 3.63) is 0 Å². The summed E-state index contributed by atoms with van der Waals surface area (Å²) in [6.45, 7) is 2.15. The largest absolute Gasteiger partial charge is 0.511 e. The summed E-state index contributed by atoms with van der Waals surface area (Å²) >= 11 is 59.8. The fourth-order valence-corrected chi connectivity index (χ4v) is 8.28. The minimum absolute atomic E-state index is 0.0751. The number of methoxy groups -OCH3 is 2. The van der Waals surface area contributed by atoms with Crippen LogP contribution in [0.1, 0.15) is 13.8 Å². The van der Waals surface area contributed by atoms with Gasteiger partial charge in [-0.15, -0.1) is 0 Å². The van der Waals surface area contributed by atoms with Crippen LogP contribution in [0.25, 0.3) is 0 Å². The molecule has 0 aromatic carbocycles. The molecule has 0 aliphatic carbocycles. The molecule has 0 amide bonds. The van der Waals surface area contributed by atoms with Crippen LogP contribution in [0.5, 0.6) is 0 Å². The molecule has 0 radical (unpaired) electrons. The van der Waals surface area contributed by atoms with E-state index in [9.17, 15) is 30.6 Å². The summed E-state index contributed by atoms with van der Waals surface area (Å²) in [4.78, 5) is 0. The molecule has 4 saturated heterocycles. The van der Waals surface area contributed by atoms with Gasteiger partial charge in [-0.1, -0.05) is 13.8 Å². The minimum Gasteiger partial charge on any atom is -0.511 e. The molecule has 380 valence electrons. The smallest absolute Gasteiger partial charge is 0.199 e. The lowest BCUT2D eigenvalue weighted by Crippen LogP contribution is -2.65. The Morgan fingerprint density at radius 2 is 0.833 bits per heavy atom. The van der Waals surface area contributed by atoms with Gasteiger partial charge in [-0.05, 0) is 0 Å². The minimum atomic E-state index is -1.49. The van der Waals surface area contributed by atoms with E-state index < -0.39 is 136 Å². The van der Waals surface area contributed by atoms with E-state index in [-0.39, 0.29) is 39.5 Å². The molecule has 20 nitrogen and oxygen atoms in total. The number of hydrogen-bond acceptors (Lipinski definition) is 32. The van der Waals surface area contributed by atoms with Crippen molar-refractivity contribution in [3.63, 3.8) is 0 Å². The molecule has 0 aromatic rings. The van der Waals surface area contributed by atoms with E-state index in [0.717, 1.165) is 0 Å². The molecule has 4 fully saturated rings. The molecule has 0 aromatic heterocycles.